The van der Waals surface area contributed by atoms with Gasteiger partial charge in [0.2, 0.25) is 11.8 Å². The van der Waals surface area contributed by atoms with Gasteiger partial charge in [0.25, 0.3) is 0 Å². The number of carbonyl (C=O) groups is 1. The third kappa shape index (κ3) is 4.56. The van der Waals surface area contributed by atoms with Gasteiger partial charge in [-0.05, 0) is 31.0 Å². The molecule has 32 heavy (non-hydrogen) atoms. The van der Waals surface area contributed by atoms with E-state index >= 15 is 0 Å². The molecule has 1 amide bonds. The fourth-order valence-corrected chi connectivity index (χ4v) is 3.80. The number of amides is 1. The van der Waals surface area contributed by atoms with Crippen LogP contribution in [0, 0.1) is 12.7 Å². The number of ether oxygens (including phenoxy) is 1. The summed E-state index contributed by atoms with van der Waals surface area (Å²) in [4.78, 5) is 25.3. The van der Waals surface area contributed by atoms with Crippen LogP contribution in [0.3, 0.4) is 0 Å². The summed E-state index contributed by atoms with van der Waals surface area (Å²) in [7, 11) is 1.57. The second kappa shape index (κ2) is 9.33. The van der Waals surface area contributed by atoms with E-state index in [9.17, 15) is 9.18 Å². The van der Waals surface area contributed by atoms with Gasteiger partial charge in [0.1, 0.15) is 24.5 Å². The number of halogens is 1. The summed E-state index contributed by atoms with van der Waals surface area (Å²) < 4.78 is 20.9. The molecule has 0 saturated carbocycles. The van der Waals surface area contributed by atoms with Crippen molar-refractivity contribution in [3.63, 3.8) is 0 Å². The number of rotatable bonds is 6. The zero-order valence-electron chi connectivity index (χ0n) is 18.6. The molecule has 1 fully saturated rings. The molecule has 1 saturated heterocycles. The molecule has 168 valence electrons. The minimum absolute atomic E-state index is 0.0179. The smallest absolute Gasteiger partial charge is 0.244 e. The summed E-state index contributed by atoms with van der Waals surface area (Å²) in [5, 5.41) is 4.60. The third-order valence-corrected chi connectivity index (χ3v) is 5.77. The minimum Gasteiger partial charge on any atom is -0.481 e. The molecule has 0 N–H and O–H groups in total. The second-order valence-electron chi connectivity index (χ2n) is 7.78. The Hall–Kier alpha value is -3.49. The number of hydrogen-bond donors (Lipinski definition) is 0. The maximum absolute atomic E-state index is 14.0. The molecule has 0 bridgehead atoms. The Kier molecular flexibility index (Phi) is 6.34. The number of methoxy groups -OCH3 is 1. The van der Waals surface area contributed by atoms with E-state index in [4.69, 9.17) is 4.74 Å². The fraction of sp³-hybridized carbons (Fsp3) is 0.391. The fourth-order valence-electron chi connectivity index (χ4n) is 3.80. The summed E-state index contributed by atoms with van der Waals surface area (Å²) in [6.07, 6.45) is 2.21. The number of nitrogens with zero attached hydrogens (tertiary/aromatic N) is 6. The van der Waals surface area contributed by atoms with Gasteiger partial charge in [-0.1, -0.05) is 19.1 Å². The van der Waals surface area contributed by atoms with Crippen LogP contribution in [-0.2, 0) is 17.8 Å². The predicted octanol–water partition coefficient (Wildman–Crippen LogP) is 2.71. The van der Waals surface area contributed by atoms with Crippen molar-refractivity contribution in [1.82, 2.24) is 24.6 Å². The summed E-state index contributed by atoms with van der Waals surface area (Å²) in [5.41, 5.74) is 2.93. The monoisotopic (exact) mass is 438 g/mol. The van der Waals surface area contributed by atoms with Gasteiger partial charge in [-0.2, -0.15) is 5.10 Å². The zero-order valence-corrected chi connectivity index (χ0v) is 18.6. The molecule has 1 aliphatic heterocycles. The quantitative estimate of drug-likeness (QED) is 0.589. The molecule has 0 radical (unpaired) electrons. The second-order valence-corrected chi connectivity index (χ2v) is 7.78. The van der Waals surface area contributed by atoms with E-state index in [0.717, 1.165) is 17.9 Å². The molecule has 3 aromatic rings. The van der Waals surface area contributed by atoms with Crippen LogP contribution < -0.4 is 9.64 Å². The van der Waals surface area contributed by atoms with Crippen LogP contribution >= 0.6 is 0 Å². The molecule has 4 rings (SSSR count). The maximum Gasteiger partial charge on any atom is 0.244 e. The van der Waals surface area contributed by atoms with Crippen LogP contribution in [0.5, 0.6) is 5.88 Å². The lowest BCUT2D eigenvalue weighted by Crippen LogP contribution is -2.50. The lowest BCUT2D eigenvalue weighted by atomic mass is 10.1. The van der Waals surface area contributed by atoms with E-state index in [1.165, 1.54) is 12.4 Å². The highest BCUT2D eigenvalue weighted by atomic mass is 19.1. The Bertz CT molecular complexity index is 1110. The Morgan fingerprint density at radius 1 is 1.12 bits per heavy atom. The van der Waals surface area contributed by atoms with Gasteiger partial charge in [0.05, 0.1) is 12.8 Å². The van der Waals surface area contributed by atoms with E-state index in [1.54, 1.807) is 30.8 Å². The number of anilines is 1. The Morgan fingerprint density at radius 3 is 2.59 bits per heavy atom. The first-order chi connectivity index (χ1) is 15.5. The van der Waals surface area contributed by atoms with Crippen molar-refractivity contribution in [3.8, 4) is 17.1 Å². The number of benzene rings is 1. The first kappa shape index (κ1) is 21.7. The van der Waals surface area contributed by atoms with Crippen molar-refractivity contribution < 1.29 is 13.9 Å². The normalized spacial score (nSPS) is 14.0. The average Bonchev–Trinajstić information content (AvgIpc) is 3.23. The Morgan fingerprint density at radius 2 is 1.91 bits per heavy atom. The number of piperazine rings is 1. The Labute approximate surface area is 186 Å². The topological polar surface area (TPSA) is 76.4 Å². The average molecular weight is 439 g/mol. The SMILES string of the molecule is CCc1cc(-c2ccc(C)c(F)c2)nn1CC(=O)N1CCN(c2cc(OC)ncn2)CC1. The van der Waals surface area contributed by atoms with Crippen molar-refractivity contribution in [1.29, 1.82) is 0 Å². The largest absolute Gasteiger partial charge is 0.481 e. The van der Waals surface area contributed by atoms with Gasteiger partial charge in [0.15, 0.2) is 0 Å². The van der Waals surface area contributed by atoms with Crippen molar-refractivity contribution in [2.45, 2.75) is 26.8 Å². The lowest BCUT2D eigenvalue weighted by molar-refractivity contribution is -0.132. The van der Waals surface area contributed by atoms with Crippen molar-refractivity contribution in [2.24, 2.45) is 0 Å². The molecule has 0 unspecified atom stereocenters. The Balaban J connectivity index is 1.42. The molecule has 0 aliphatic carbocycles. The summed E-state index contributed by atoms with van der Waals surface area (Å²) in [5.74, 6) is 1.07. The summed E-state index contributed by atoms with van der Waals surface area (Å²) >= 11 is 0. The third-order valence-electron chi connectivity index (χ3n) is 5.77. The highest BCUT2D eigenvalue weighted by Crippen LogP contribution is 2.22. The van der Waals surface area contributed by atoms with E-state index in [1.807, 2.05) is 24.0 Å². The lowest BCUT2D eigenvalue weighted by Gasteiger charge is -2.35. The highest BCUT2D eigenvalue weighted by Gasteiger charge is 2.23. The van der Waals surface area contributed by atoms with Crippen LogP contribution in [0.15, 0.2) is 36.7 Å². The van der Waals surface area contributed by atoms with Crippen LogP contribution in [0.2, 0.25) is 0 Å². The first-order valence-electron chi connectivity index (χ1n) is 10.7. The van der Waals surface area contributed by atoms with E-state index in [2.05, 4.69) is 20.0 Å². The van der Waals surface area contributed by atoms with Crippen LogP contribution in [0.4, 0.5) is 10.2 Å². The minimum atomic E-state index is -0.259. The van der Waals surface area contributed by atoms with Crippen molar-refractivity contribution in [2.75, 3.05) is 38.2 Å². The molecule has 3 heterocycles. The van der Waals surface area contributed by atoms with Crippen molar-refractivity contribution >= 4 is 11.7 Å². The molecule has 2 aromatic heterocycles. The number of aryl methyl sites for hydroxylation is 2. The van der Waals surface area contributed by atoms with Gasteiger partial charge in [-0.3, -0.25) is 9.48 Å². The molecule has 0 spiro atoms. The molecule has 9 heteroatoms. The van der Waals surface area contributed by atoms with Crippen LogP contribution in [-0.4, -0.2) is 63.8 Å². The molecule has 1 aliphatic rings. The van der Waals surface area contributed by atoms with Crippen LogP contribution in [0.25, 0.3) is 11.3 Å². The first-order valence-corrected chi connectivity index (χ1v) is 10.7. The maximum atomic E-state index is 14.0. The number of aromatic nitrogens is 4. The molecule has 1 aromatic carbocycles. The van der Waals surface area contributed by atoms with Gasteiger partial charge >= 0.3 is 0 Å². The van der Waals surface area contributed by atoms with Gasteiger partial charge in [-0.15, -0.1) is 0 Å². The van der Waals surface area contributed by atoms with Crippen molar-refractivity contribution in [3.05, 3.63) is 53.7 Å². The zero-order chi connectivity index (χ0) is 22.7. The molecule has 0 atom stereocenters. The molecular formula is C23H27FN6O2. The highest BCUT2D eigenvalue weighted by molar-refractivity contribution is 5.76. The van der Waals surface area contributed by atoms with Crippen LogP contribution in [0.1, 0.15) is 18.2 Å². The predicted molar refractivity (Wildman–Crippen MR) is 119 cm³/mol. The summed E-state index contributed by atoms with van der Waals surface area (Å²) in [6, 6.07) is 8.81. The standard InChI is InChI=1S/C23H27FN6O2/c1-4-18-12-20(17-6-5-16(2)19(24)11-17)27-30(18)14-23(31)29-9-7-28(8-10-29)21-13-22(32-3)26-15-25-21/h5-6,11-13,15H,4,7-10,14H2,1-3H3. The van der Waals surface area contributed by atoms with Gasteiger partial charge in [-0.25, -0.2) is 14.4 Å². The molecular weight excluding hydrogens is 411 g/mol. The summed E-state index contributed by atoms with van der Waals surface area (Å²) in [6.45, 7) is 6.48. The van der Waals surface area contributed by atoms with E-state index in [-0.39, 0.29) is 18.3 Å². The van der Waals surface area contributed by atoms with E-state index in [0.29, 0.717) is 48.9 Å². The van der Waals surface area contributed by atoms with Gasteiger partial charge < -0.3 is 14.5 Å². The van der Waals surface area contributed by atoms with E-state index < -0.39 is 0 Å². The number of carbonyl (C=O) groups excluding carboxylic acids is 1. The number of hydrogen-bond acceptors (Lipinski definition) is 6. The molecule has 8 nitrogen and oxygen atoms in total. The van der Waals surface area contributed by atoms with Gasteiger partial charge in [0, 0.05) is 43.5 Å².